The Labute approximate surface area is 149 Å². The van der Waals surface area contributed by atoms with Gasteiger partial charge in [0.25, 0.3) is 0 Å². The van der Waals surface area contributed by atoms with Gasteiger partial charge in [0, 0.05) is 17.7 Å². The fraction of sp³-hybridized carbons (Fsp3) is 0.333. The number of oxazole rings is 1. The molecule has 0 bridgehead atoms. The lowest BCUT2D eigenvalue weighted by molar-refractivity contribution is 0.318. The van der Waals surface area contributed by atoms with E-state index in [2.05, 4.69) is 16.9 Å². The highest BCUT2D eigenvalue weighted by Crippen LogP contribution is 2.21. The van der Waals surface area contributed by atoms with Crippen molar-refractivity contribution in [2.45, 2.75) is 40.5 Å². The fourth-order valence-electron chi connectivity index (χ4n) is 2.34. The average molecular weight is 338 g/mol. The number of rotatable bonds is 6. The molecule has 3 rings (SSSR count). The Hall–Kier alpha value is -2.62. The van der Waals surface area contributed by atoms with Crippen LogP contribution in [0.25, 0.3) is 11.5 Å². The van der Waals surface area contributed by atoms with Crippen molar-refractivity contribution in [2.24, 2.45) is 0 Å². The first-order valence-electron chi connectivity index (χ1n) is 8.85. The van der Waals surface area contributed by atoms with Gasteiger partial charge in [-0.1, -0.05) is 39.0 Å². The van der Waals surface area contributed by atoms with Crippen LogP contribution in [-0.4, -0.2) is 16.6 Å². The van der Waals surface area contributed by atoms with Crippen LogP contribution in [0.4, 0.5) is 0 Å². The molecule has 0 radical (unpaired) electrons. The summed E-state index contributed by atoms with van der Waals surface area (Å²) in [5.74, 6) is 2.28. The zero-order valence-electron chi connectivity index (χ0n) is 15.5. The molecule has 0 unspecified atom stereocenters. The summed E-state index contributed by atoms with van der Waals surface area (Å²) < 4.78 is 11.5. The molecular weight excluding hydrogens is 312 g/mol. The van der Waals surface area contributed by atoms with E-state index in [1.807, 2.05) is 63.2 Å². The number of benzene rings is 1. The van der Waals surface area contributed by atoms with Crippen molar-refractivity contribution < 1.29 is 9.15 Å². The summed E-state index contributed by atoms with van der Waals surface area (Å²) in [5, 5.41) is 0. The summed E-state index contributed by atoms with van der Waals surface area (Å²) in [6.45, 7) is 8.57. The van der Waals surface area contributed by atoms with E-state index in [1.54, 1.807) is 6.20 Å². The molecule has 2 heterocycles. The first kappa shape index (κ1) is 18.7. The summed E-state index contributed by atoms with van der Waals surface area (Å²) >= 11 is 0. The summed E-state index contributed by atoms with van der Waals surface area (Å²) in [6.07, 6.45) is 3.41. The van der Waals surface area contributed by atoms with Crippen molar-refractivity contribution in [3.63, 3.8) is 0 Å². The Balaban J connectivity index is 0.00000109. The molecular formula is C21H26N2O2. The van der Waals surface area contributed by atoms with E-state index in [4.69, 9.17) is 9.15 Å². The van der Waals surface area contributed by atoms with Gasteiger partial charge in [-0.2, -0.15) is 0 Å². The molecule has 0 aliphatic heterocycles. The summed E-state index contributed by atoms with van der Waals surface area (Å²) in [7, 11) is 0. The molecule has 0 aliphatic rings. The average Bonchev–Trinajstić information content (AvgIpc) is 3.05. The second-order valence-electron chi connectivity index (χ2n) is 5.33. The molecule has 0 saturated carbocycles. The molecule has 0 amide bonds. The number of aryl methyl sites for hydroxylation is 2. The van der Waals surface area contributed by atoms with E-state index < -0.39 is 0 Å². The van der Waals surface area contributed by atoms with Crippen molar-refractivity contribution in [3.8, 4) is 17.2 Å². The number of aromatic nitrogens is 2. The maximum Gasteiger partial charge on any atom is 0.226 e. The highest BCUT2D eigenvalue weighted by molar-refractivity contribution is 5.53. The van der Waals surface area contributed by atoms with Gasteiger partial charge in [0.1, 0.15) is 11.5 Å². The summed E-state index contributed by atoms with van der Waals surface area (Å²) in [6, 6.07) is 13.9. The molecule has 132 valence electrons. The van der Waals surface area contributed by atoms with Crippen LogP contribution in [0.5, 0.6) is 5.75 Å². The van der Waals surface area contributed by atoms with Gasteiger partial charge in [0.05, 0.1) is 18.5 Å². The largest absolute Gasteiger partial charge is 0.492 e. The predicted octanol–water partition coefficient (Wildman–Crippen LogP) is 5.26. The van der Waals surface area contributed by atoms with Crippen LogP contribution in [0, 0.1) is 6.92 Å². The molecule has 2 aromatic heterocycles. The Bertz CT molecular complexity index is 749. The van der Waals surface area contributed by atoms with Gasteiger partial charge in [0.2, 0.25) is 5.89 Å². The van der Waals surface area contributed by atoms with Crippen LogP contribution in [0.3, 0.4) is 0 Å². The molecule has 25 heavy (non-hydrogen) atoms. The Morgan fingerprint density at radius 2 is 1.80 bits per heavy atom. The third-order valence-electron chi connectivity index (χ3n) is 3.68. The molecule has 0 aliphatic carbocycles. The van der Waals surface area contributed by atoms with E-state index in [0.717, 1.165) is 34.9 Å². The zero-order chi connectivity index (χ0) is 18.1. The first-order valence-corrected chi connectivity index (χ1v) is 8.85. The minimum atomic E-state index is 0.550. The third-order valence-corrected chi connectivity index (χ3v) is 3.68. The normalized spacial score (nSPS) is 10.1. The molecule has 0 atom stereocenters. The summed E-state index contributed by atoms with van der Waals surface area (Å²) in [4.78, 5) is 8.90. The molecule has 0 N–H and O–H groups in total. The van der Waals surface area contributed by atoms with Crippen LogP contribution in [0.1, 0.15) is 37.9 Å². The van der Waals surface area contributed by atoms with Gasteiger partial charge in [0.15, 0.2) is 0 Å². The fourth-order valence-corrected chi connectivity index (χ4v) is 2.34. The molecule has 3 aromatic rings. The number of pyridine rings is 1. The van der Waals surface area contributed by atoms with Gasteiger partial charge in [-0.3, -0.25) is 4.98 Å². The van der Waals surface area contributed by atoms with Crippen molar-refractivity contribution in [1.29, 1.82) is 0 Å². The molecule has 1 aromatic carbocycles. The van der Waals surface area contributed by atoms with Gasteiger partial charge in [-0.15, -0.1) is 0 Å². The maximum absolute atomic E-state index is 5.75. The van der Waals surface area contributed by atoms with E-state index in [0.29, 0.717) is 18.9 Å². The standard InChI is InChI=1S/C19H20N2O2.C2H6/c1-3-16-9-10-17(13-20-16)22-12-11-18-14(2)23-19(21-18)15-7-5-4-6-8-15;1-2/h4-10,13H,3,11-12H2,1-2H3;1-2H3. The summed E-state index contributed by atoms with van der Waals surface area (Å²) in [5.41, 5.74) is 2.99. The number of hydrogen-bond acceptors (Lipinski definition) is 4. The monoisotopic (exact) mass is 338 g/mol. The number of hydrogen-bond donors (Lipinski definition) is 0. The third kappa shape index (κ3) is 5.18. The molecule has 4 nitrogen and oxygen atoms in total. The van der Waals surface area contributed by atoms with E-state index in [-0.39, 0.29) is 0 Å². The minimum Gasteiger partial charge on any atom is -0.492 e. The van der Waals surface area contributed by atoms with E-state index in [1.165, 1.54) is 0 Å². The molecule has 0 fully saturated rings. The highest BCUT2D eigenvalue weighted by atomic mass is 16.5. The van der Waals surface area contributed by atoms with Crippen molar-refractivity contribution >= 4 is 0 Å². The number of nitrogens with zero attached hydrogens (tertiary/aromatic N) is 2. The molecule has 4 heteroatoms. The van der Waals surface area contributed by atoms with Crippen LogP contribution in [0.15, 0.2) is 53.1 Å². The molecule has 0 saturated heterocycles. The lowest BCUT2D eigenvalue weighted by atomic mass is 10.2. The Kier molecular flexibility index (Phi) is 7.20. The second-order valence-corrected chi connectivity index (χ2v) is 5.33. The lowest BCUT2D eigenvalue weighted by Crippen LogP contribution is -2.03. The predicted molar refractivity (Wildman–Crippen MR) is 101 cm³/mol. The second kappa shape index (κ2) is 9.62. The van der Waals surface area contributed by atoms with Crippen molar-refractivity contribution in [2.75, 3.05) is 6.61 Å². The van der Waals surface area contributed by atoms with Gasteiger partial charge < -0.3 is 9.15 Å². The van der Waals surface area contributed by atoms with Gasteiger partial charge in [-0.25, -0.2) is 4.98 Å². The SMILES string of the molecule is CC.CCc1ccc(OCCc2nc(-c3ccccc3)oc2C)cn1. The van der Waals surface area contributed by atoms with E-state index >= 15 is 0 Å². The molecule has 0 spiro atoms. The number of ether oxygens (including phenoxy) is 1. The van der Waals surface area contributed by atoms with Crippen molar-refractivity contribution in [1.82, 2.24) is 9.97 Å². The van der Waals surface area contributed by atoms with Gasteiger partial charge >= 0.3 is 0 Å². The Morgan fingerprint density at radius 3 is 2.44 bits per heavy atom. The highest BCUT2D eigenvalue weighted by Gasteiger charge is 2.11. The Morgan fingerprint density at radius 1 is 1.04 bits per heavy atom. The zero-order valence-corrected chi connectivity index (χ0v) is 15.5. The van der Waals surface area contributed by atoms with Crippen LogP contribution in [0.2, 0.25) is 0 Å². The smallest absolute Gasteiger partial charge is 0.226 e. The van der Waals surface area contributed by atoms with Crippen LogP contribution < -0.4 is 4.74 Å². The van der Waals surface area contributed by atoms with Crippen molar-refractivity contribution in [3.05, 3.63) is 65.8 Å². The minimum absolute atomic E-state index is 0.550. The first-order chi connectivity index (χ1) is 12.3. The maximum atomic E-state index is 5.75. The topological polar surface area (TPSA) is 48.2 Å². The van der Waals surface area contributed by atoms with E-state index in [9.17, 15) is 0 Å². The van der Waals surface area contributed by atoms with Gasteiger partial charge in [-0.05, 0) is 37.6 Å². The quantitative estimate of drug-likeness (QED) is 0.615. The van der Waals surface area contributed by atoms with Crippen LogP contribution in [-0.2, 0) is 12.8 Å². The lowest BCUT2D eigenvalue weighted by Gasteiger charge is -2.05. The van der Waals surface area contributed by atoms with Crippen LogP contribution >= 0.6 is 0 Å².